The standard InChI is InChI=1S/C12H16ClNO2/c1-16-11-6-10(13)3-2-9(11)7-12(15)4-5-14-8-12/h2-3,6,14-15H,4-5,7-8H2,1H3. The van der Waals surface area contributed by atoms with E-state index in [4.69, 9.17) is 16.3 Å². The Morgan fingerprint density at radius 1 is 1.56 bits per heavy atom. The van der Waals surface area contributed by atoms with Crippen LogP contribution in [0, 0.1) is 0 Å². The van der Waals surface area contributed by atoms with Crippen LogP contribution >= 0.6 is 11.6 Å². The molecule has 1 heterocycles. The summed E-state index contributed by atoms with van der Waals surface area (Å²) in [5.41, 5.74) is 0.347. The van der Waals surface area contributed by atoms with Gasteiger partial charge in [0.25, 0.3) is 0 Å². The number of nitrogens with one attached hydrogen (secondary N) is 1. The molecule has 1 aliphatic heterocycles. The zero-order valence-electron chi connectivity index (χ0n) is 9.29. The highest BCUT2D eigenvalue weighted by Crippen LogP contribution is 2.28. The highest BCUT2D eigenvalue weighted by Gasteiger charge is 2.31. The molecule has 88 valence electrons. The topological polar surface area (TPSA) is 41.5 Å². The van der Waals surface area contributed by atoms with Gasteiger partial charge in [0.2, 0.25) is 0 Å². The van der Waals surface area contributed by atoms with Crippen LogP contribution in [0.15, 0.2) is 18.2 Å². The van der Waals surface area contributed by atoms with E-state index in [0.29, 0.717) is 18.0 Å². The Morgan fingerprint density at radius 3 is 3.00 bits per heavy atom. The van der Waals surface area contributed by atoms with Crippen molar-refractivity contribution in [3.63, 3.8) is 0 Å². The predicted octanol–water partition coefficient (Wildman–Crippen LogP) is 1.62. The summed E-state index contributed by atoms with van der Waals surface area (Å²) in [5.74, 6) is 0.743. The fraction of sp³-hybridized carbons (Fsp3) is 0.500. The number of rotatable bonds is 3. The summed E-state index contributed by atoms with van der Waals surface area (Å²) in [6.07, 6.45) is 1.37. The van der Waals surface area contributed by atoms with Crippen LogP contribution in [0.25, 0.3) is 0 Å². The maximum atomic E-state index is 10.3. The molecule has 1 atom stereocenters. The van der Waals surface area contributed by atoms with Crippen molar-refractivity contribution in [1.29, 1.82) is 0 Å². The minimum atomic E-state index is -0.652. The molecule has 1 aromatic carbocycles. The van der Waals surface area contributed by atoms with Gasteiger partial charge in [0.1, 0.15) is 5.75 Å². The molecule has 1 unspecified atom stereocenters. The Labute approximate surface area is 100 Å². The van der Waals surface area contributed by atoms with E-state index in [1.54, 1.807) is 13.2 Å². The average molecular weight is 242 g/mol. The van der Waals surface area contributed by atoms with Crippen molar-refractivity contribution in [3.8, 4) is 5.75 Å². The number of ether oxygens (including phenoxy) is 1. The van der Waals surface area contributed by atoms with Gasteiger partial charge in [-0.1, -0.05) is 17.7 Å². The fourth-order valence-electron chi connectivity index (χ4n) is 2.10. The second-order valence-corrected chi connectivity index (χ2v) is 4.72. The van der Waals surface area contributed by atoms with E-state index in [-0.39, 0.29) is 0 Å². The SMILES string of the molecule is COc1cc(Cl)ccc1CC1(O)CCNC1. The lowest BCUT2D eigenvalue weighted by Crippen LogP contribution is -2.33. The number of aliphatic hydroxyl groups is 1. The summed E-state index contributed by atoms with van der Waals surface area (Å²) in [6, 6.07) is 5.52. The number of methoxy groups -OCH3 is 1. The molecule has 1 fully saturated rings. The van der Waals surface area contributed by atoms with E-state index in [1.165, 1.54) is 0 Å². The van der Waals surface area contributed by atoms with E-state index < -0.39 is 5.60 Å². The van der Waals surface area contributed by atoms with Crippen molar-refractivity contribution < 1.29 is 9.84 Å². The van der Waals surface area contributed by atoms with Crippen molar-refractivity contribution >= 4 is 11.6 Å². The van der Waals surface area contributed by atoms with Gasteiger partial charge >= 0.3 is 0 Å². The molecular weight excluding hydrogens is 226 g/mol. The first-order chi connectivity index (χ1) is 7.63. The largest absolute Gasteiger partial charge is 0.496 e. The molecule has 0 bridgehead atoms. The van der Waals surface area contributed by atoms with E-state index in [2.05, 4.69) is 5.32 Å². The second-order valence-electron chi connectivity index (χ2n) is 4.28. The fourth-order valence-corrected chi connectivity index (χ4v) is 2.26. The number of halogens is 1. The van der Waals surface area contributed by atoms with Crippen LogP contribution in [0.4, 0.5) is 0 Å². The predicted molar refractivity (Wildman–Crippen MR) is 64.1 cm³/mol. The third kappa shape index (κ3) is 2.48. The van der Waals surface area contributed by atoms with Crippen LogP contribution < -0.4 is 10.1 Å². The summed E-state index contributed by atoms with van der Waals surface area (Å²) in [5, 5.41) is 14.1. The maximum Gasteiger partial charge on any atom is 0.123 e. The number of benzene rings is 1. The van der Waals surface area contributed by atoms with Gasteiger partial charge in [-0.3, -0.25) is 0 Å². The number of hydrogen-bond acceptors (Lipinski definition) is 3. The van der Waals surface area contributed by atoms with Crippen LogP contribution in [0.3, 0.4) is 0 Å². The van der Waals surface area contributed by atoms with Crippen molar-refractivity contribution in [2.45, 2.75) is 18.4 Å². The first-order valence-electron chi connectivity index (χ1n) is 5.38. The molecule has 0 aliphatic carbocycles. The van der Waals surface area contributed by atoms with Crippen molar-refractivity contribution in [3.05, 3.63) is 28.8 Å². The van der Waals surface area contributed by atoms with E-state index in [9.17, 15) is 5.11 Å². The molecule has 1 aromatic rings. The molecule has 0 amide bonds. The Morgan fingerprint density at radius 2 is 2.38 bits per heavy atom. The molecule has 1 saturated heterocycles. The Hall–Kier alpha value is -0.770. The number of β-amino-alcohol motifs (C(OH)–C–C–N with tert-alkyl or cyclic N) is 1. The average Bonchev–Trinajstić information content (AvgIpc) is 2.68. The second kappa shape index (κ2) is 4.62. The third-order valence-corrected chi connectivity index (χ3v) is 3.22. The van der Waals surface area contributed by atoms with Crippen molar-refractivity contribution in [2.24, 2.45) is 0 Å². The minimum absolute atomic E-state index is 0.598. The summed E-state index contributed by atoms with van der Waals surface area (Å²) in [6.45, 7) is 1.51. The van der Waals surface area contributed by atoms with Crippen molar-refractivity contribution in [2.75, 3.05) is 20.2 Å². The summed E-state index contributed by atoms with van der Waals surface area (Å²) >= 11 is 5.89. The normalized spacial score (nSPS) is 24.7. The lowest BCUT2D eigenvalue weighted by atomic mass is 9.93. The molecule has 2 rings (SSSR count). The zero-order valence-corrected chi connectivity index (χ0v) is 10.0. The molecule has 0 aromatic heterocycles. The van der Waals surface area contributed by atoms with Crippen molar-refractivity contribution in [1.82, 2.24) is 5.32 Å². The lowest BCUT2D eigenvalue weighted by molar-refractivity contribution is 0.0612. The third-order valence-electron chi connectivity index (χ3n) is 2.99. The van der Waals surface area contributed by atoms with Crippen LogP contribution in [0.1, 0.15) is 12.0 Å². The van der Waals surface area contributed by atoms with Gasteiger partial charge in [-0.15, -0.1) is 0 Å². The molecular formula is C12H16ClNO2. The van der Waals surface area contributed by atoms with Gasteiger partial charge in [0.05, 0.1) is 12.7 Å². The van der Waals surface area contributed by atoms with Crippen LogP contribution in [-0.4, -0.2) is 30.9 Å². The molecule has 3 nitrogen and oxygen atoms in total. The summed E-state index contributed by atoms with van der Waals surface area (Å²) < 4.78 is 5.27. The van der Waals surface area contributed by atoms with Gasteiger partial charge < -0.3 is 15.2 Å². The summed E-state index contributed by atoms with van der Waals surface area (Å²) in [7, 11) is 1.62. The van der Waals surface area contributed by atoms with Gasteiger partial charge in [0.15, 0.2) is 0 Å². The van der Waals surface area contributed by atoms with E-state index >= 15 is 0 Å². The highest BCUT2D eigenvalue weighted by molar-refractivity contribution is 6.30. The first-order valence-corrected chi connectivity index (χ1v) is 5.76. The Balaban J connectivity index is 2.20. The smallest absolute Gasteiger partial charge is 0.123 e. The van der Waals surface area contributed by atoms with Gasteiger partial charge in [-0.2, -0.15) is 0 Å². The molecule has 0 saturated carbocycles. The maximum absolute atomic E-state index is 10.3. The molecule has 4 heteroatoms. The highest BCUT2D eigenvalue weighted by atomic mass is 35.5. The molecule has 0 spiro atoms. The Bertz CT molecular complexity index is 375. The summed E-state index contributed by atoms with van der Waals surface area (Å²) in [4.78, 5) is 0. The van der Waals surface area contributed by atoms with E-state index in [1.807, 2.05) is 12.1 Å². The van der Waals surface area contributed by atoms with Crippen LogP contribution in [-0.2, 0) is 6.42 Å². The van der Waals surface area contributed by atoms with Crippen LogP contribution in [0.5, 0.6) is 5.75 Å². The quantitative estimate of drug-likeness (QED) is 0.845. The minimum Gasteiger partial charge on any atom is -0.496 e. The van der Waals surface area contributed by atoms with Gasteiger partial charge in [0, 0.05) is 18.0 Å². The van der Waals surface area contributed by atoms with Gasteiger partial charge in [-0.25, -0.2) is 0 Å². The van der Waals surface area contributed by atoms with Gasteiger partial charge in [-0.05, 0) is 30.7 Å². The first kappa shape index (κ1) is 11.7. The Kier molecular flexibility index (Phi) is 3.38. The molecule has 0 radical (unpaired) electrons. The molecule has 2 N–H and O–H groups in total. The monoisotopic (exact) mass is 241 g/mol. The zero-order chi connectivity index (χ0) is 11.6. The molecule has 1 aliphatic rings. The van der Waals surface area contributed by atoms with E-state index in [0.717, 1.165) is 24.3 Å². The van der Waals surface area contributed by atoms with Crippen LogP contribution in [0.2, 0.25) is 5.02 Å². The molecule has 16 heavy (non-hydrogen) atoms. The number of hydrogen-bond donors (Lipinski definition) is 2. The lowest BCUT2D eigenvalue weighted by Gasteiger charge is -2.22.